The third-order valence-electron chi connectivity index (χ3n) is 6.80. The molecule has 1 aromatic heterocycles. The summed E-state index contributed by atoms with van der Waals surface area (Å²) in [6, 6.07) is 10.2. The predicted octanol–water partition coefficient (Wildman–Crippen LogP) is 3.06. The molecular formula is C29H23N5O4. The maximum absolute atomic E-state index is 13.1. The minimum atomic E-state index is -1.59. The third kappa shape index (κ3) is 4.02. The standard InChI is InChI=1S/C29H23N5O4/c1-38-21-10-9-20-16-34(26(35)23(20)15-21)17-29(27(36)30-28(37)31-29)13-12-18-8-11-22-24(14-18)32-33-25(22)19-6-4-2-3-5-7-19/h2,4-11,14-15H,3,16-17H2,1H3,(H,32,33)(H2,30,31,36,37). The Labute approximate surface area is 218 Å². The quantitative estimate of drug-likeness (QED) is 0.372. The molecule has 2 aliphatic heterocycles. The van der Waals surface area contributed by atoms with Crippen LogP contribution in [0.2, 0.25) is 0 Å². The van der Waals surface area contributed by atoms with Gasteiger partial charge in [-0.1, -0.05) is 48.3 Å². The molecule has 3 aromatic rings. The maximum Gasteiger partial charge on any atom is 0.323 e. The number of H-pyrrole nitrogens is 1. The first-order chi connectivity index (χ1) is 18.5. The van der Waals surface area contributed by atoms with Gasteiger partial charge in [0, 0.05) is 28.6 Å². The number of allylic oxidation sites excluding steroid dienone is 6. The Bertz CT molecular complexity index is 1670. The minimum absolute atomic E-state index is 0.0993. The summed E-state index contributed by atoms with van der Waals surface area (Å²) in [6.45, 7) is 0.199. The molecule has 0 bridgehead atoms. The van der Waals surface area contributed by atoms with Crippen LogP contribution in [-0.4, -0.2) is 52.1 Å². The van der Waals surface area contributed by atoms with E-state index in [1.165, 1.54) is 12.0 Å². The molecule has 1 aliphatic carbocycles. The summed E-state index contributed by atoms with van der Waals surface area (Å²) in [5.74, 6) is 5.70. The molecule has 1 unspecified atom stereocenters. The molecule has 9 nitrogen and oxygen atoms in total. The summed E-state index contributed by atoms with van der Waals surface area (Å²) in [5.41, 5.74) is 3.00. The van der Waals surface area contributed by atoms with Gasteiger partial charge in [-0.15, -0.1) is 0 Å². The normalized spacial score (nSPS) is 20.0. The molecular weight excluding hydrogens is 482 g/mol. The summed E-state index contributed by atoms with van der Waals surface area (Å²) in [7, 11) is 1.53. The summed E-state index contributed by atoms with van der Waals surface area (Å²) >= 11 is 0. The smallest absolute Gasteiger partial charge is 0.323 e. The molecule has 0 spiro atoms. The number of carbonyl (C=O) groups excluding carboxylic acids is 3. The van der Waals surface area contributed by atoms with Crippen LogP contribution < -0.4 is 15.4 Å². The number of amides is 4. The number of fused-ring (bicyclic) bond motifs is 2. The molecule has 0 radical (unpaired) electrons. The van der Waals surface area contributed by atoms with Gasteiger partial charge in [-0.3, -0.25) is 20.0 Å². The van der Waals surface area contributed by atoms with Crippen LogP contribution in [0.1, 0.15) is 33.6 Å². The van der Waals surface area contributed by atoms with E-state index in [0.717, 1.165) is 34.2 Å². The van der Waals surface area contributed by atoms with Crippen molar-refractivity contribution in [3.8, 4) is 17.6 Å². The number of aromatic amines is 1. The van der Waals surface area contributed by atoms with Crippen LogP contribution in [-0.2, 0) is 11.3 Å². The average Bonchev–Trinajstić information content (AvgIpc) is 3.46. The molecule has 9 heteroatoms. The van der Waals surface area contributed by atoms with Gasteiger partial charge in [0.05, 0.1) is 24.9 Å². The van der Waals surface area contributed by atoms with Gasteiger partial charge in [0.25, 0.3) is 11.8 Å². The number of carbonyl (C=O) groups is 3. The fourth-order valence-corrected chi connectivity index (χ4v) is 4.85. The Morgan fingerprint density at radius 2 is 2.03 bits per heavy atom. The van der Waals surface area contributed by atoms with E-state index in [2.05, 4.69) is 44.8 Å². The van der Waals surface area contributed by atoms with Gasteiger partial charge in [0.2, 0.25) is 5.54 Å². The zero-order valence-corrected chi connectivity index (χ0v) is 20.5. The number of nitrogens with zero attached hydrogens (tertiary/aromatic N) is 2. The topological polar surface area (TPSA) is 116 Å². The minimum Gasteiger partial charge on any atom is -0.497 e. The second-order valence-corrected chi connectivity index (χ2v) is 9.27. The average molecular weight is 506 g/mol. The number of aromatic nitrogens is 2. The molecule has 3 aliphatic rings. The Morgan fingerprint density at radius 3 is 2.84 bits per heavy atom. The number of urea groups is 1. The van der Waals surface area contributed by atoms with Crippen molar-refractivity contribution in [3.05, 3.63) is 89.2 Å². The largest absolute Gasteiger partial charge is 0.497 e. The fraction of sp³-hybridized carbons (Fsp3) is 0.172. The molecule has 4 amide bonds. The summed E-state index contributed by atoms with van der Waals surface area (Å²) in [6.07, 6.45) is 11.1. The first kappa shape index (κ1) is 23.3. The van der Waals surface area contributed by atoms with Gasteiger partial charge in [-0.05, 0) is 42.3 Å². The first-order valence-electron chi connectivity index (χ1n) is 12.1. The highest BCUT2D eigenvalue weighted by molar-refractivity contribution is 6.10. The predicted molar refractivity (Wildman–Crippen MR) is 141 cm³/mol. The number of nitrogens with one attached hydrogen (secondary N) is 3. The molecule has 2 aromatic carbocycles. The number of benzene rings is 2. The number of ether oxygens (including phenoxy) is 1. The van der Waals surface area contributed by atoms with E-state index in [4.69, 9.17) is 4.74 Å². The summed E-state index contributed by atoms with van der Waals surface area (Å²) in [4.78, 5) is 39.7. The van der Waals surface area contributed by atoms with Gasteiger partial charge in [0.1, 0.15) is 5.75 Å². The van der Waals surface area contributed by atoms with Crippen LogP contribution in [0.3, 0.4) is 0 Å². The van der Waals surface area contributed by atoms with Crippen LogP contribution in [0.25, 0.3) is 16.5 Å². The molecule has 1 saturated heterocycles. The Kier molecular flexibility index (Phi) is 5.57. The van der Waals surface area contributed by atoms with Crippen molar-refractivity contribution in [2.24, 2.45) is 0 Å². The number of imide groups is 1. The molecule has 3 heterocycles. The van der Waals surface area contributed by atoms with Crippen molar-refractivity contribution in [2.45, 2.75) is 18.5 Å². The third-order valence-corrected chi connectivity index (χ3v) is 6.80. The van der Waals surface area contributed by atoms with Gasteiger partial charge in [-0.2, -0.15) is 5.10 Å². The molecule has 1 fully saturated rings. The highest BCUT2D eigenvalue weighted by Gasteiger charge is 2.48. The van der Waals surface area contributed by atoms with E-state index < -0.39 is 17.5 Å². The molecule has 38 heavy (non-hydrogen) atoms. The van der Waals surface area contributed by atoms with Crippen molar-refractivity contribution in [1.29, 1.82) is 0 Å². The molecule has 188 valence electrons. The zero-order valence-electron chi connectivity index (χ0n) is 20.5. The van der Waals surface area contributed by atoms with Crippen LogP contribution in [0, 0.1) is 11.8 Å². The lowest BCUT2D eigenvalue weighted by Crippen LogP contribution is -2.54. The van der Waals surface area contributed by atoms with Crippen molar-refractivity contribution in [1.82, 2.24) is 25.7 Å². The molecule has 0 saturated carbocycles. The molecule has 6 rings (SSSR count). The molecule has 3 N–H and O–H groups in total. The van der Waals surface area contributed by atoms with Gasteiger partial charge < -0.3 is 15.0 Å². The van der Waals surface area contributed by atoms with Crippen LogP contribution in [0.5, 0.6) is 5.75 Å². The Morgan fingerprint density at radius 1 is 1.13 bits per heavy atom. The number of hydrogen-bond acceptors (Lipinski definition) is 5. The van der Waals surface area contributed by atoms with E-state index in [-0.39, 0.29) is 12.5 Å². The maximum atomic E-state index is 13.1. The monoisotopic (exact) mass is 505 g/mol. The van der Waals surface area contributed by atoms with E-state index in [9.17, 15) is 14.4 Å². The van der Waals surface area contributed by atoms with Crippen LogP contribution >= 0.6 is 0 Å². The summed E-state index contributed by atoms with van der Waals surface area (Å²) in [5, 5.41) is 13.4. The highest BCUT2D eigenvalue weighted by Crippen LogP contribution is 2.29. The Balaban J connectivity index is 1.30. The van der Waals surface area contributed by atoms with Crippen molar-refractivity contribution < 1.29 is 19.1 Å². The fourth-order valence-electron chi connectivity index (χ4n) is 4.85. The number of hydrogen-bond donors (Lipinski definition) is 3. The van der Waals surface area contributed by atoms with Crippen LogP contribution in [0.4, 0.5) is 4.79 Å². The lowest BCUT2D eigenvalue weighted by Gasteiger charge is -2.26. The first-order valence-corrected chi connectivity index (χ1v) is 12.1. The van der Waals surface area contributed by atoms with Crippen molar-refractivity contribution in [3.63, 3.8) is 0 Å². The highest BCUT2D eigenvalue weighted by atomic mass is 16.5. The zero-order chi connectivity index (χ0) is 26.3. The number of rotatable bonds is 4. The number of methoxy groups -OCH3 is 1. The molecule has 1 atom stereocenters. The Hall–Kier alpha value is -5.10. The van der Waals surface area contributed by atoms with Crippen molar-refractivity contribution >= 4 is 34.3 Å². The van der Waals surface area contributed by atoms with E-state index in [1.807, 2.05) is 42.5 Å². The van der Waals surface area contributed by atoms with Gasteiger partial charge in [-0.25, -0.2) is 4.79 Å². The second-order valence-electron chi connectivity index (χ2n) is 9.27. The lowest BCUT2D eigenvalue weighted by molar-refractivity contribution is -0.122. The van der Waals surface area contributed by atoms with Crippen molar-refractivity contribution in [2.75, 3.05) is 13.7 Å². The van der Waals surface area contributed by atoms with Crippen LogP contribution in [0.15, 0.2) is 66.8 Å². The summed E-state index contributed by atoms with van der Waals surface area (Å²) < 4.78 is 5.24. The second kappa shape index (κ2) is 9.09. The van der Waals surface area contributed by atoms with Gasteiger partial charge >= 0.3 is 6.03 Å². The van der Waals surface area contributed by atoms with Gasteiger partial charge in [0.15, 0.2) is 0 Å². The SMILES string of the molecule is COc1ccc2c(c1)C(=O)N(CC1(C#Cc3ccc4c(C5=CC=CCC=C5)n[nH]c4c3)NC(=O)NC1=O)C2. The van der Waals surface area contributed by atoms with E-state index >= 15 is 0 Å². The lowest BCUT2D eigenvalue weighted by atomic mass is 9.98. The van der Waals surface area contributed by atoms with E-state index in [1.54, 1.807) is 12.1 Å². The van der Waals surface area contributed by atoms with E-state index in [0.29, 0.717) is 23.4 Å².